The molecule has 0 aromatic heterocycles. The van der Waals surface area contributed by atoms with E-state index in [1.54, 1.807) is 27.7 Å². The van der Waals surface area contributed by atoms with Crippen LogP contribution in [0.1, 0.15) is 34.1 Å². The number of likely N-dealkylation sites (tertiary alicyclic amines) is 1. The Labute approximate surface area is 154 Å². The van der Waals surface area contributed by atoms with Crippen LogP contribution in [0, 0.1) is 0 Å². The number of hydrogen-bond acceptors (Lipinski definition) is 5. The molecule has 2 rings (SSSR count). The minimum absolute atomic E-state index is 0.337. The zero-order valence-corrected chi connectivity index (χ0v) is 16.3. The Morgan fingerprint density at radius 1 is 1.16 bits per heavy atom. The minimum atomic E-state index is -1.01. The van der Waals surface area contributed by atoms with Gasteiger partial charge in [-0.3, -0.25) is 0 Å². The molecule has 5 nitrogen and oxygen atoms in total. The van der Waals surface area contributed by atoms with Gasteiger partial charge in [0.15, 0.2) is 0 Å². The molecule has 0 bridgehead atoms. The van der Waals surface area contributed by atoms with Crippen molar-refractivity contribution in [2.45, 2.75) is 58.2 Å². The third-order valence-electron chi connectivity index (χ3n) is 4.03. The van der Waals surface area contributed by atoms with Gasteiger partial charge in [-0.25, -0.2) is 0 Å². The third kappa shape index (κ3) is 10.4. The van der Waals surface area contributed by atoms with Gasteiger partial charge in [0, 0.05) is 13.1 Å². The van der Waals surface area contributed by atoms with Crippen molar-refractivity contribution >= 4 is 20.5 Å². The molecule has 0 saturated carbocycles. The van der Waals surface area contributed by atoms with Gasteiger partial charge < -0.3 is 19.8 Å². The van der Waals surface area contributed by atoms with Gasteiger partial charge in [-0.1, -0.05) is 17.6 Å². The number of rotatable bonds is 3. The maximum absolute atomic E-state index is 9.10. The third-order valence-corrected chi connectivity index (χ3v) is 4.03. The number of likely N-dealkylation sites (N-methyl/N-ethyl adjacent to an activating group) is 1. The number of aliphatic hydroxyl groups is 2. The molecule has 25 heavy (non-hydrogen) atoms. The van der Waals surface area contributed by atoms with Gasteiger partial charge in [0.05, 0.1) is 11.2 Å². The second-order valence-corrected chi connectivity index (χ2v) is 7.21. The van der Waals surface area contributed by atoms with Crippen LogP contribution in [0.25, 0.3) is 0 Å². The molecule has 0 aliphatic carbocycles. The van der Waals surface area contributed by atoms with Gasteiger partial charge >= 0.3 is 18.7 Å². The van der Waals surface area contributed by atoms with Crippen LogP contribution in [0.5, 0.6) is 5.75 Å². The van der Waals surface area contributed by atoms with Crippen molar-refractivity contribution in [1.82, 2.24) is 4.90 Å². The molecule has 1 aliphatic rings. The summed E-state index contributed by atoms with van der Waals surface area (Å²) in [4.78, 5) is 2.28. The van der Waals surface area contributed by atoms with Crippen LogP contribution < -0.4 is 10.2 Å². The zero-order valence-electron chi connectivity index (χ0n) is 16.3. The Bertz CT molecular complexity index is 483. The van der Waals surface area contributed by atoms with Gasteiger partial charge in [0.2, 0.25) is 0 Å². The van der Waals surface area contributed by atoms with Crippen molar-refractivity contribution in [1.29, 1.82) is 0 Å². The van der Waals surface area contributed by atoms with Crippen LogP contribution >= 0.6 is 0 Å². The van der Waals surface area contributed by atoms with Gasteiger partial charge in [0.25, 0.3) is 0 Å². The van der Waals surface area contributed by atoms with Gasteiger partial charge in [0.1, 0.15) is 19.7 Å². The quantitative estimate of drug-likeness (QED) is 0.804. The van der Waals surface area contributed by atoms with Crippen molar-refractivity contribution in [3.8, 4) is 5.75 Å². The summed E-state index contributed by atoms with van der Waals surface area (Å²) in [6.07, 6.45) is 1.45. The number of ether oxygens (including phenoxy) is 1. The second kappa shape index (κ2) is 10.7. The van der Waals surface area contributed by atoms with Crippen LogP contribution in [0.2, 0.25) is 6.82 Å². The fraction of sp³-hybridized carbons (Fsp3) is 0.667. The fourth-order valence-electron chi connectivity index (χ4n) is 1.73. The van der Waals surface area contributed by atoms with Crippen molar-refractivity contribution in [2.24, 2.45) is 0 Å². The van der Waals surface area contributed by atoms with Gasteiger partial charge in [-0.05, 0) is 53.3 Å². The molecule has 1 aliphatic heterocycles. The number of benzene rings is 1. The first-order chi connectivity index (χ1) is 11.4. The summed E-state index contributed by atoms with van der Waals surface area (Å²) in [5, 5.41) is 18.2. The second-order valence-electron chi connectivity index (χ2n) is 7.21. The van der Waals surface area contributed by atoms with E-state index >= 15 is 0 Å². The van der Waals surface area contributed by atoms with E-state index < -0.39 is 11.2 Å². The molecule has 1 aromatic carbocycles. The van der Waals surface area contributed by atoms with E-state index in [9.17, 15) is 0 Å². The summed E-state index contributed by atoms with van der Waals surface area (Å²) in [5.74, 6) is 0.916. The normalized spacial score (nSPS) is 17.5. The average Bonchev–Trinajstić information content (AvgIpc) is 2.86. The molecular weight excluding hydrogens is 316 g/mol. The molecule has 1 atom stereocenters. The van der Waals surface area contributed by atoms with E-state index in [-0.39, 0.29) is 0 Å². The molecule has 0 unspecified atom stereocenters. The van der Waals surface area contributed by atoms with Crippen molar-refractivity contribution < 1.29 is 19.7 Å². The average molecular weight is 347 g/mol. The Morgan fingerprint density at radius 2 is 1.60 bits per heavy atom. The maximum Gasteiger partial charge on any atom is 0.119 e. The topological polar surface area (TPSA) is 70.0 Å². The van der Waals surface area contributed by atoms with E-state index in [0.717, 1.165) is 37.9 Å². The van der Waals surface area contributed by atoms with E-state index in [2.05, 4.69) is 11.9 Å². The molecule has 0 spiro atoms. The molecule has 1 heterocycles. The SMILES string of the molecule is CB=O.CC(C)(O)C(C)(C)O.[B]c1ccc(O[C@H]2CCN(C)C2)cc1. The van der Waals surface area contributed by atoms with Crippen molar-refractivity contribution in [2.75, 3.05) is 20.1 Å². The van der Waals surface area contributed by atoms with Crippen LogP contribution in [0.4, 0.5) is 0 Å². The first-order valence-electron chi connectivity index (χ1n) is 8.46. The first-order valence-corrected chi connectivity index (χ1v) is 8.46. The van der Waals surface area contributed by atoms with Crippen LogP contribution in [-0.4, -0.2) is 67.6 Å². The molecule has 1 aromatic rings. The van der Waals surface area contributed by atoms with Gasteiger partial charge in [-0.2, -0.15) is 0 Å². The monoisotopic (exact) mass is 347 g/mol. The minimum Gasteiger partial charge on any atom is -0.489 e. The Balaban J connectivity index is 0.000000448. The summed E-state index contributed by atoms with van der Waals surface area (Å²) in [5.41, 5.74) is -1.24. The van der Waals surface area contributed by atoms with Crippen LogP contribution in [-0.2, 0) is 4.70 Å². The molecule has 2 N–H and O–H groups in total. The molecule has 0 amide bonds. The molecule has 7 heteroatoms. The largest absolute Gasteiger partial charge is 0.489 e. The zero-order chi connectivity index (χ0) is 19.7. The molecule has 2 radical (unpaired) electrons. The summed E-state index contributed by atoms with van der Waals surface area (Å²) in [6, 6.07) is 7.59. The van der Waals surface area contributed by atoms with Crippen LogP contribution in [0.15, 0.2) is 24.3 Å². The maximum atomic E-state index is 9.10. The molecule has 138 valence electrons. The number of hydrogen-bond donors (Lipinski definition) is 2. The predicted molar refractivity (Wildman–Crippen MR) is 103 cm³/mol. The van der Waals surface area contributed by atoms with Crippen LogP contribution in [0.3, 0.4) is 0 Å². The number of nitrogens with zero attached hydrogens (tertiary/aromatic N) is 1. The van der Waals surface area contributed by atoms with Crippen molar-refractivity contribution in [3.05, 3.63) is 24.3 Å². The van der Waals surface area contributed by atoms with E-state index in [1.165, 1.54) is 6.82 Å². The van der Waals surface area contributed by atoms with Crippen molar-refractivity contribution in [3.63, 3.8) is 0 Å². The van der Waals surface area contributed by atoms with Gasteiger partial charge in [-0.15, -0.1) is 0 Å². The summed E-state index contributed by atoms with van der Waals surface area (Å²) in [7, 11) is 8.46. The summed E-state index contributed by atoms with van der Waals surface area (Å²) >= 11 is 0. The Hall–Kier alpha value is -1.17. The Morgan fingerprint density at radius 3 is 1.92 bits per heavy atom. The summed E-state index contributed by atoms with van der Waals surface area (Å²) < 4.78 is 14.6. The Kier molecular flexibility index (Phi) is 10.2. The predicted octanol–water partition coefficient (Wildman–Crippen LogP) is 1.18. The molecule has 1 saturated heterocycles. The standard InChI is InChI=1S/C11H14BNO.C6H14O2.CH3BO/c1-13-7-6-11(8-13)14-10-4-2-9(12)3-5-10;1-5(2,7)6(3,4)8;1-2-3/h2-5,11H,6-8H2,1H3;7-8H,1-4H3;1H3/t11-;;/m0../s1. The summed E-state index contributed by atoms with van der Waals surface area (Å²) in [6.45, 7) is 9.89. The smallest absolute Gasteiger partial charge is 0.119 e. The van der Waals surface area contributed by atoms with E-state index in [0.29, 0.717) is 6.10 Å². The first kappa shape index (κ1) is 23.8. The molecular formula is C18H31B2NO4. The van der Waals surface area contributed by atoms with E-state index in [4.69, 9.17) is 27.5 Å². The van der Waals surface area contributed by atoms with E-state index in [1.807, 2.05) is 24.3 Å². The molecule has 1 fully saturated rings. The fourth-order valence-corrected chi connectivity index (χ4v) is 1.73.